The van der Waals surface area contributed by atoms with E-state index in [0.29, 0.717) is 23.7 Å². The van der Waals surface area contributed by atoms with E-state index in [1.54, 1.807) is 12.1 Å². The topological polar surface area (TPSA) is 62.8 Å². The molecule has 1 unspecified atom stereocenters. The molecule has 136 valence electrons. The molecule has 0 spiro atoms. The van der Waals surface area contributed by atoms with Crippen molar-refractivity contribution < 1.29 is 14.3 Å². The third-order valence-corrected chi connectivity index (χ3v) is 4.85. The Hall–Kier alpha value is -2.73. The number of urea groups is 1. The molecule has 26 heavy (non-hydrogen) atoms. The van der Waals surface area contributed by atoms with Crippen molar-refractivity contribution >= 4 is 11.7 Å². The van der Waals surface area contributed by atoms with Gasteiger partial charge in [-0.25, -0.2) is 4.79 Å². The van der Waals surface area contributed by atoms with E-state index in [0.717, 1.165) is 13.1 Å². The second-order valence-electron chi connectivity index (χ2n) is 6.57. The summed E-state index contributed by atoms with van der Waals surface area (Å²) in [7, 11) is 0. The highest BCUT2D eigenvalue weighted by atomic mass is 16.7. The number of rotatable bonds is 5. The summed E-state index contributed by atoms with van der Waals surface area (Å²) >= 11 is 0. The SMILES string of the molecule is O=C(NCC(c1ccccc1)N1CCCC1)Nc1ccc2c(c1)OCO2. The number of carbonyl (C=O) groups is 1. The first-order valence-corrected chi connectivity index (χ1v) is 9.03. The third kappa shape index (κ3) is 3.75. The first-order chi connectivity index (χ1) is 12.8. The number of amides is 2. The molecule has 0 bridgehead atoms. The van der Waals surface area contributed by atoms with Gasteiger partial charge in [-0.1, -0.05) is 30.3 Å². The van der Waals surface area contributed by atoms with Gasteiger partial charge in [-0.05, 0) is 43.6 Å². The molecule has 2 amide bonds. The van der Waals surface area contributed by atoms with Crippen molar-refractivity contribution in [2.75, 3.05) is 31.7 Å². The molecule has 6 heteroatoms. The van der Waals surface area contributed by atoms with Gasteiger partial charge >= 0.3 is 6.03 Å². The van der Waals surface area contributed by atoms with E-state index in [9.17, 15) is 4.79 Å². The molecule has 0 saturated carbocycles. The average Bonchev–Trinajstić information content (AvgIpc) is 3.34. The van der Waals surface area contributed by atoms with Crippen molar-refractivity contribution in [3.05, 3.63) is 54.1 Å². The number of anilines is 1. The summed E-state index contributed by atoms with van der Waals surface area (Å²) < 4.78 is 10.6. The number of hydrogen-bond donors (Lipinski definition) is 2. The summed E-state index contributed by atoms with van der Waals surface area (Å²) in [5, 5.41) is 5.88. The van der Waals surface area contributed by atoms with Crippen LogP contribution in [0.1, 0.15) is 24.4 Å². The molecule has 2 aromatic carbocycles. The van der Waals surface area contributed by atoms with E-state index in [1.165, 1.54) is 18.4 Å². The number of hydrogen-bond acceptors (Lipinski definition) is 4. The number of nitrogens with one attached hydrogen (secondary N) is 2. The Bertz CT molecular complexity index is 760. The maximum atomic E-state index is 12.4. The Labute approximate surface area is 153 Å². The zero-order valence-corrected chi connectivity index (χ0v) is 14.6. The number of fused-ring (bicyclic) bond motifs is 1. The van der Waals surface area contributed by atoms with Gasteiger partial charge in [0.25, 0.3) is 0 Å². The minimum atomic E-state index is -0.219. The van der Waals surface area contributed by atoms with Gasteiger partial charge in [-0.3, -0.25) is 4.90 Å². The van der Waals surface area contributed by atoms with Crippen LogP contribution in [0, 0.1) is 0 Å². The van der Waals surface area contributed by atoms with Crippen molar-refractivity contribution in [1.82, 2.24) is 10.2 Å². The van der Waals surface area contributed by atoms with Crippen molar-refractivity contribution in [3.8, 4) is 11.5 Å². The molecule has 0 aromatic heterocycles. The fourth-order valence-electron chi connectivity index (χ4n) is 3.53. The maximum absolute atomic E-state index is 12.4. The number of carbonyl (C=O) groups excluding carboxylic acids is 1. The second-order valence-corrected chi connectivity index (χ2v) is 6.57. The smallest absolute Gasteiger partial charge is 0.319 e. The van der Waals surface area contributed by atoms with Crippen LogP contribution in [0.2, 0.25) is 0 Å². The van der Waals surface area contributed by atoms with Gasteiger partial charge in [0.15, 0.2) is 11.5 Å². The molecule has 1 saturated heterocycles. The lowest BCUT2D eigenvalue weighted by atomic mass is 10.1. The fraction of sp³-hybridized carbons (Fsp3) is 0.350. The summed E-state index contributed by atoms with van der Waals surface area (Å²) in [6.07, 6.45) is 2.43. The fourth-order valence-corrected chi connectivity index (χ4v) is 3.53. The van der Waals surface area contributed by atoms with Crippen LogP contribution in [-0.4, -0.2) is 37.4 Å². The van der Waals surface area contributed by atoms with E-state index < -0.39 is 0 Å². The molecule has 2 aliphatic heterocycles. The molecule has 2 aromatic rings. The standard InChI is InChI=1S/C20H23N3O3/c24-20(22-16-8-9-18-19(12-16)26-14-25-18)21-13-17(23-10-4-5-11-23)15-6-2-1-3-7-15/h1-3,6-9,12,17H,4-5,10-11,13-14H2,(H2,21,22,24). The van der Waals surface area contributed by atoms with Crippen molar-refractivity contribution in [3.63, 3.8) is 0 Å². The van der Waals surface area contributed by atoms with Gasteiger partial charge in [0.1, 0.15) is 0 Å². The van der Waals surface area contributed by atoms with Gasteiger partial charge < -0.3 is 20.1 Å². The molecular formula is C20H23N3O3. The molecule has 2 aliphatic rings. The quantitative estimate of drug-likeness (QED) is 0.865. The molecule has 4 rings (SSSR count). The van der Waals surface area contributed by atoms with E-state index in [2.05, 4.69) is 27.7 Å². The first-order valence-electron chi connectivity index (χ1n) is 9.03. The van der Waals surface area contributed by atoms with Gasteiger partial charge in [-0.15, -0.1) is 0 Å². The van der Waals surface area contributed by atoms with E-state index in [1.807, 2.05) is 24.3 Å². The molecule has 6 nitrogen and oxygen atoms in total. The van der Waals surface area contributed by atoms with Crippen LogP contribution >= 0.6 is 0 Å². The van der Waals surface area contributed by atoms with Crippen LogP contribution in [0.5, 0.6) is 11.5 Å². The number of benzene rings is 2. The largest absolute Gasteiger partial charge is 0.454 e. The van der Waals surface area contributed by atoms with Crippen LogP contribution < -0.4 is 20.1 Å². The van der Waals surface area contributed by atoms with Crippen molar-refractivity contribution in [1.29, 1.82) is 0 Å². The van der Waals surface area contributed by atoms with Crippen LogP contribution in [0.4, 0.5) is 10.5 Å². The second kappa shape index (κ2) is 7.66. The molecule has 2 heterocycles. The Balaban J connectivity index is 1.38. The zero-order chi connectivity index (χ0) is 17.8. The third-order valence-electron chi connectivity index (χ3n) is 4.85. The van der Waals surface area contributed by atoms with Gasteiger partial charge in [0, 0.05) is 18.3 Å². The lowest BCUT2D eigenvalue weighted by molar-refractivity contribution is 0.174. The average molecular weight is 353 g/mol. The number of nitrogens with zero attached hydrogens (tertiary/aromatic N) is 1. The predicted molar refractivity (Wildman–Crippen MR) is 99.6 cm³/mol. The minimum Gasteiger partial charge on any atom is -0.454 e. The van der Waals surface area contributed by atoms with Gasteiger partial charge in [-0.2, -0.15) is 0 Å². The highest BCUT2D eigenvalue weighted by Gasteiger charge is 2.24. The van der Waals surface area contributed by atoms with Crippen molar-refractivity contribution in [2.24, 2.45) is 0 Å². The zero-order valence-electron chi connectivity index (χ0n) is 14.6. The monoisotopic (exact) mass is 353 g/mol. The summed E-state index contributed by atoms with van der Waals surface area (Å²) in [5.74, 6) is 1.36. The Morgan fingerprint density at radius 2 is 1.81 bits per heavy atom. The van der Waals surface area contributed by atoms with Gasteiger partial charge in [0.2, 0.25) is 6.79 Å². The first kappa shape index (κ1) is 16.7. The summed E-state index contributed by atoms with van der Waals surface area (Å²) in [4.78, 5) is 14.8. The number of likely N-dealkylation sites (tertiary alicyclic amines) is 1. The van der Waals surface area contributed by atoms with Crippen LogP contribution in [0.3, 0.4) is 0 Å². The van der Waals surface area contributed by atoms with Crippen LogP contribution in [0.15, 0.2) is 48.5 Å². The molecule has 2 N–H and O–H groups in total. The Kier molecular flexibility index (Phi) is 4.93. The Morgan fingerprint density at radius 3 is 2.62 bits per heavy atom. The van der Waals surface area contributed by atoms with Crippen molar-refractivity contribution in [2.45, 2.75) is 18.9 Å². The normalized spacial score (nSPS) is 17.1. The summed E-state index contributed by atoms with van der Waals surface area (Å²) in [6.45, 7) is 2.94. The molecule has 1 fully saturated rings. The van der Waals surface area contributed by atoms with Crippen LogP contribution in [-0.2, 0) is 0 Å². The lowest BCUT2D eigenvalue weighted by Gasteiger charge is -2.28. The van der Waals surface area contributed by atoms with Crippen LogP contribution in [0.25, 0.3) is 0 Å². The minimum absolute atomic E-state index is 0.196. The highest BCUT2D eigenvalue weighted by molar-refractivity contribution is 5.89. The summed E-state index contributed by atoms with van der Waals surface area (Å²) in [5.41, 5.74) is 1.92. The van der Waals surface area contributed by atoms with E-state index >= 15 is 0 Å². The Morgan fingerprint density at radius 1 is 1.04 bits per heavy atom. The molecule has 0 aliphatic carbocycles. The lowest BCUT2D eigenvalue weighted by Crippen LogP contribution is -2.38. The van der Waals surface area contributed by atoms with Gasteiger partial charge in [0.05, 0.1) is 6.04 Å². The highest BCUT2D eigenvalue weighted by Crippen LogP contribution is 2.34. The molecular weight excluding hydrogens is 330 g/mol. The molecule has 1 atom stereocenters. The summed E-state index contributed by atoms with van der Waals surface area (Å²) in [6, 6.07) is 15.7. The number of ether oxygens (including phenoxy) is 2. The maximum Gasteiger partial charge on any atom is 0.319 e. The predicted octanol–water partition coefficient (Wildman–Crippen LogP) is 3.37. The molecule has 0 radical (unpaired) electrons. The van der Waals surface area contributed by atoms with E-state index in [-0.39, 0.29) is 18.9 Å². The van der Waals surface area contributed by atoms with E-state index in [4.69, 9.17) is 9.47 Å².